The van der Waals surface area contributed by atoms with E-state index in [9.17, 15) is 4.39 Å². The second-order valence-corrected chi connectivity index (χ2v) is 8.13. The van der Waals surface area contributed by atoms with Crippen LogP contribution < -0.4 is 4.90 Å². The van der Waals surface area contributed by atoms with Gasteiger partial charge in [0.2, 0.25) is 0 Å². The molecule has 138 valence electrons. The Morgan fingerprint density at radius 1 is 1.00 bits per heavy atom. The second-order valence-electron chi connectivity index (χ2n) is 7.73. The highest BCUT2D eigenvalue weighted by molar-refractivity contribution is 6.31. The number of piperidine rings is 1. The van der Waals surface area contributed by atoms with Crippen molar-refractivity contribution in [3.63, 3.8) is 0 Å². The molecule has 0 N–H and O–H groups in total. The highest BCUT2D eigenvalue weighted by Gasteiger charge is 2.35. The number of hydrogen-bond donors (Lipinski definition) is 0. The van der Waals surface area contributed by atoms with Crippen molar-refractivity contribution in [2.45, 2.75) is 45.2 Å². The Hall–Kier alpha value is -1.58. The number of halogens is 2. The molecule has 2 aliphatic heterocycles. The molecule has 2 fully saturated rings. The molecule has 2 saturated heterocycles. The monoisotopic (exact) mass is 372 g/mol. The van der Waals surface area contributed by atoms with Gasteiger partial charge >= 0.3 is 0 Å². The molecule has 0 aliphatic carbocycles. The minimum Gasteiger partial charge on any atom is -0.369 e. The molecule has 2 heterocycles. The topological polar surface area (TPSA) is 6.48 Å². The molecule has 26 heavy (non-hydrogen) atoms. The highest BCUT2D eigenvalue weighted by atomic mass is 35.5. The van der Waals surface area contributed by atoms with Crippen molar-refractivity contribution in [1.82, 2.24) is 4.90 Å². The van der Waals surface area contributed by atoms with E-state index in [2.05, 4.69) is 34.9 Å². The summed E-state index contributed by atoms with van der Waals surface area (Å²) in [5.74, 6) is -0.0834. The third kappa shape index (κ3) is 3.35. The van der Waals surface area contributed by atoms with Gasteiger partial charge in [-0.05, 0) is 74.1 Å². The second kappa shape index (κ2) is 7.21. The quantitative estimate of drug-likeness (QED) is 0.685. The molecule has 0 radical (unpaired) electrons. The van der Waals surface area contributed by atoms with Crippen molar-refractivity contribution in [2.24, 2.45) is 0 Å². The molecule has 0 spiro atoms. The highest BCUT2D eigenvalue weighted by Crippen LogP contribution is 2.37. The lowest BCUT2D eigenvalue weighted by Crippen LogP contribution is -2.55. The normalized spacial score (nSPS) is 23.8. The molecule has 2 atom stereocenters. The summed E-state index contributed by atoms with van der Waals surface area (Å²) >= 11 is 6.18. The van der Waals surface area contributed by atoms with Crippen molar-refractivity contribution in [3.8, 4) is 0 Å². The Balaban J connectivity index is 1.53. The predicted molar refractivity (Wildman–Crippen MR) is 107 cm³/mol. The van der Waals surface area contributed by atoms with Crippen molar-refractivity contribution in [3.05, 3.63) is 63.9 Å². The van der Waals surface area contributed by atoms with Crippen LogP contribution in [0, 0.1) is 19.7 Å². The Morgan fingerprint density at radius 2 is 1.85 bits per heavy atom. The third-order valence-electron chi connectivity index (χ3n) is 6.03. The summed E-state index contributed by atoms with van der Waals surface area (Å²) in [7, 11) is 0. The van der Waals surface area contributed by atoms with Crippen molar-refractivity contribution >= 4 is 17.3 Å². The SMILES string of the molecule is Cc1ccc(C2CCCC3CN(c4ccc(Cl)c(C)c4)CCN32)cc1F. The molecule has 4 heteroatoms. The number of nitrogens with zero attached hydrogens (tertiary/aromatic N) is 2. The maximum Gasteiger partial charge on any atom is 0.126 e. The lowest BCUT2D eigenvalue weighted by molar-refractivity contribution is 0.0715. The molecule has 0 aromatic heterocycles. The van der Waals surface area contributed by atoms with Gasteiger partial charge in [0.05, 0.1) is 0 Å². The first-order chi connectivity index (χ1) is 12.5. The van der Waals surface area contributed by atoms with E-state index in [1.54, 1.807) is 6.07 Å². The summed E-state index contributed by atoms with van der Waals surface area (Å²) in [6.07, 6.45) is 3.54. The first-order valence-corrected chi connectivity index (χ1v) is 9.93. The Labute approximate surface area is 160 Å². The van der Waals surface area contributed by atoms with Crippen LogP contribution in [-0.4, -0.2) is 30.6 Å². The van der Waals surface area contributed by atoms with Gasteiger partial charge in [0.25, 0.3) is 0 Å². The van der Waals surface area contributed by atoms with Crippen LogP contribution in [-0.2, 0) is 0 Å². The Morgan fingerprint density at radius 3 is 2.62 bits per heavy atom. The van der Waals surface area contributed by atoms with Gasteiger partial charge in [0, 0.05) is 42.4 Å². The zero-order valence-corrected chi connectivity index (χ0v) is 16.3. The van der Waals surface area contributed by atoms with Crippen LogP contribution in [0.2, 0.25) is 5.02 Å². The molecule has 2 aromatic rings. The molecule has 0 amide bonds. The van der Waals surface area contributed by atoms with Gasteiger partial charge in [-0.1, -0.05) is 23.7 Å². The first kappa shape index (κ1) is 17.8. The van der Waals surface area contributed by atoms with E-state index in [1.165, 1.54) is 18.5 Å². The number of benzene rings is 2. The van der Waals surface area contributed by atoms with Gasteiger partial charge in [-0.15, -0.1) is 0 Å². The number of rotatable bonds is 2. The van der Waals surface area contributed by atoms with Crippen LogP contribution in [0.15, 0.2) is 36.4 Å². The molecule has 2 aliphatic rings. The van der Waals surface area contributed by atoms with E-state index in [-0.39, 0.29) is 5.82 Å². The fourth-order valence-corrected chi connectivity index (χ4v) is 4.60. The summed E-state index contributed by atoms with van der Waals surface area (Å²) in [6, 6.07) is 13.0. The number of aryl methyl sites for hydroxylation is 2. The number of fused-ring (bicyclic) bond motifs is 1. The van der Waals surface area contributed by atoms with Gasteiger partial charge in [0.1, 0.15) is 5.82 Å². The van der Waals surface area contributed by atoms with Gasteiger partial charge in [-0.3, -0.25) is 4.90 Å². The van der Waals surface area contributed by atoms with Crippen molar-refractivity contribution < 1.29 is 4.39 Å². The average Bonchev–Trinajstić information content (AvgIpc) is 2.65. The van der Waals surface area contributed by atoms with Crippen molar-refractivity contribution in [2.75, 3.05) is 24.5 Å². The summed E-state index contributed by atoms with van der Waals surface area (Å²) in [4.78, 5) is 5.08. The smallest absolute Gasteiger partial charge is 0.126 e. The van der Waals surface area contributed by atoms with Crippen LogP contribution in [0.1, 0.15) is 42.0 Å². The molecular weight excluding hydrogens is 347 g/mol. The van der Waals surface area contributed by atoms with Crippen LogP contribution in [0.25, 0.3) is 0 Å². The molecule has 2 nitrogen and oxygen atoms in total. The van der Waals surface area contributed by atoms with E-state index in [0.29, 0.717) is 12.1 Å². The minimum atomic E-state index is -0.0834. The lowest BCUT2D eigenvalue weighted by Gasteiger charge is -2.49. The average molecular weight is 373 g/mol. The predicted octanol–water partition coefficient (Wildman–Crippen LogP) is 5.51. The minimum absolute atomic E-state index is 0.0834. The third-order valence-corrected chi connectivity index (χ3v) is 6.45. The van der Waals surface area contributed by atoms with Gasteiger partial charge < -0.3 is 4.90 Å². The zero-order chi connectivity index (χ0) is 18.3. The Kier molecular flexibility index (Phi) is 4.94. The van der Waals surface area contributed by atoms with Crippen molar-refractivity contribution in [1.29, 1.82) is 0 Å². The maximum atomic E-state index is 14.1. The Bertz CT molecular complexity index is 807. The molecular formula is C22H26ClFN2. The lowest BCUT2D eigenvalue weighted by atomic mass is 9.88. The van der Waals surface area contributed by atoms with E-state index in [4.69, 9.17) is 11.6 Å². The van der Waals surface area contributed by atoms with E-state index >= 15 is 0 Å². The van der Waals surface area contributed by atoms with E-state index in [0.717, 1.165) is 47.8 Å². The van der Waals surface area contributed by atoms with Gasteiger partial charge in [-0.25, -0.2) is 4.39 Å². The molecule has 0 saturated carbocycles. The zero-order valence-electron chi connectivity index (χ0n) is 15.5. The molecule has 2 aromatic carbocycles. The largest absolute Gasteiger partial charge is 0.369 e. The number of anilines is 1. The fraction of sp³-hybridized carbons (Fsp3) is 0.455. The number of piperazine rings is 1. The van der Waals surface area contributed by atoms with Crippen LogP contribution >= 0.6 is 11.6 Å². The molecule has 4 rings (SSSR count). The van der Waals surface area contributed by atoms with E-state index < -0.39 is 0 Å². The maximum absolute atomic E-state index is 14.1. The van der Waals surface area contributed by atoms with Gasteiger partial charge in [-0.2, -0.15) is 0 Å². The van der Waals surface area contributed by atoms with Gasteiger partial charge in [0.15, 0.2) is 0 Å². The number of hydrogen-bond acceptors (Lipinski definition) is 2. The fourth-order valence-electron chi connectivity index (χ4n) is 4.48. The summed E-state index contributed by atoms with van der Waals surface area (Å²) in [6.45, 7) is 6.95. The van der Waals surface area contributed by atoms with Crippen LogP contribution in [0.5, 0.6) is 0 Å². The molecule has 2 unspecified atom stereocenters. The molecule has 0 bridgehead atoms. The van der Waals surface area contributed by atoms with Crippen LogP contribution in [0.3, 0.4) is 0 Å². The first-order valence-electron chi connectivity index (χ1n) is 9.56. The summed E-state index contributed by atoms with van der Waals surface area (Å²) < 4.78 is 14.1. The van der Waals surface area contributed by atoms with Crippen LogP contribution in [0.4, 0.5) is 10.1 Å². The van der Waals surface area contributed by atoms with E-state index in [1.807, 2.05) is 19.1 Å². The summed E-state index contributed by atoms with van der Waals surface area (Å²) in [5, 5.41) is 0.825. The summed E-state index contributed by atoms with van der Waals surface area (Å²) in [5.41, 5.74) is 4.25. The standard InChI is InChI=1S/C22H26ClFN2/c1-15-6-7-17(13-21(15)24)22-5-3-4-19-14-25(10-11-26(19)22)18-8-9-20(23)16(2)12-18/h6-9,12-13,19,22H,3-5,10-11,14H2,1-2H3.